The van der Waals surface area contributed by atoms with Gasteiger partial charge in [-0.2, -0.15) is 0 Å². The van der Waals surface area contributed by atoms with Gasteiger partial charge >= 0.3 is 0 Å². The fourth-order valence-corrected chi connectivity index (χ4v) is 4.64. The van der Waals surface area contributed by atoms with Crippen molar-refractivity contribution in [1.29, 1.82) is 0 Å². The van der Waals surface area contributed by atoms with Crippen molar-refractivity contribution >= 4 is 43.4 Å². The van der Waals surface area contributed by atoms with Crippen molar-refractivity contribution in [3.8, 4) is 22.4 Å². The highest BCUT2D eigenvalue weighted by atomic mass is 79.9. The Morgan fingerprint density at radius 2 is 1.41 bits per heavy atom. The second kappa shape index (κ2) is 6.10. The summed E-state index contributed by atoms with van der Waals surface area (Å²) in [5.41, 5.74) is 6.06. The lowest BCUT2D eigenvalue weighted by Crippen LogP contribution is -2.01. The first-order valence-corrected chi connectivity index (χ1v) is 10.3. The first kappa shape index (κ1) is 16.6. The number of halogens is 1. The van der Waals surface area contributed by atoms with Gasteiger partial charge in [0.05, 0.1) is 16.8 Å². The summed E-state index contributed by atoms with van der Waals surface area (Å²) in [6, 6.07) is 28.3. The van der Waals surface area contributed by atoms with Gasteiger partial charge in [0, 0.05) is 26.5 Å². The van der Waals surface area contributed by atoms with Crippen molar-refractivity contribution in [3.63, 3.8) is 0 Å². The van der Waals surface area contributed by atoms with Crippen molar-refractivity contribution < 1.29 is 4.79 Å². The van der Waals surface area contributed by atoms with Crippen LogP contribution in [0.1, 0.15) is 15.9 Å². The van der Waals surface area contributed by atoms with Gasteiger partial charge in [0.2, 0.25) is 0 Å². The van der Waals surface area contributed by atoms with Crippen LogP contribution in [0.2, 0.25) is 0 Å². The van der Waals surface area contributed by atoms with E-state index in [4.69, 9.17) is 4.98 Å². The molecule has 0 bridgehead atoms. The number of benzene rings is 4. The largest absolute Gasteiger partial charge is 0.288 e. The topological polar surface area (TPSA) is 30.0 Å². The molecule has 0 aliphatic heterocycles. The molecule has 0 atom stereocenters. The number of rotatable bonds is 1. The van der Waals surface area contributed by atoms with Crippen LogP contribution in [0, 0.1) is 0 Å². The van der Waals surface area contributed by atoms with Gasteiger partial charge in [-0.25, -0.2) is 4.98 Å². The fraction of sp³-hybridized carbons (Fsp3) is 0. The fourth-order valence-electron chi connectivity index (χ4n) is 4.38. The molecule has 0 spiro atoms. The third-order valence-corrected chi connectivity index (χ3v) is 6.19. The number of hydrogen-bond donors (Lipinski definition) is 0. The van der Waals surface area contributed by atoms with Crippen LogP contribution in [-0.4, -0.2) is 10.8 Å². The lowest BCUT2D eigenvalue weighted by molar-refractivity contribution is 0.104. The lowest BCUT2D eigenvalue weighted by atomic mass is 9.93. The average Bonchev–Trinajstić information content (AvgIpc) is 3.07. The van der Waals surface area contributed by atoms with Crippen LogP contribution in [0.3, 0.4) is 0 Å². The molecule has 5 aromatic rings. The third-order valence-electron chi connectivity index (χ3n) is 5.66. The van der Waals surface area contributed by atoms with E-state index in [0.717, 1.165) is 54.1 Å². The van der Waals surface area contributed by atoms with Gasteiger partial charge in [-0.05, 0) is 34.5 Å². The van der Waals surface area contributed by atoms with E-state index in [9.17, 15) is 4.79 Å². The molecule has 0 fully saturated rings. The van der Waals surface area contributed by atoms with Gasteiger partial charge in [-0.15, -0.1) is 0 Å². The molecule has 0 saturated carbocycles. The molecule has 136 valence electrons. The highest BCUT2D eigenvalue weighted by Crippen LogP contribution is 2.46. The highest BCUT2D eigenvalue weighted by Gasteiger charge is 2.32. The molecule has 0 amide bonds. The molecule has 29 heavy (non-hydrogen) atoms. The van der Waals surface area contributed by atoms with E-state index in [2.05, 4.69) is 40.2 Å². The van der Waals surface area contributed by atoms with Crippen molar-refractivity contribution in [3.05, 3.63) is 101 Å². The van der Waals surface area contributed by atoms with Crippen molar-refractivity contribution in [1.82, 2.24) is 4.98 Å². The van der Waals surface area contributed by atoms with Crippen molar-refractivity contribution in [2.45, 2.75) is 0 Å². The quantitative estimate of drug-likeness (QED) is 0.259. The minimum atomic E-state index is 0.0517. The summed E-state index contributed by atoms with van der Waals surface area (Å²) in [6.07, 6.45) is 0. The maximum absolute atomic E-state index is 13.5. The summed E-state index contributed by atoms with van der Waals surface area (Å²) < 4.78 is 0.999. The monoisotopic (exact) mass is 435 g/mol. The molecule has 3 heteroatoms. The summed E-state index contributed by atoms with van der Waals surface area (Å²) in [5.74, 6) is 0.0517. The summed E-state index contributed by atoms with van der Waals surface area (Å²) in [7, 11) is 0. The molecule has 4 aromatic carbocycles. The SMILES string of the molecule is O=C1c2ccccc2-c2c1c(-c1ccc(Br)cc1)nc1ccc3ccccc3c21. The summed E-state index contributed by atoms with van der Waals surface area (Å²) in [6.45, 7) is 0. The molecule has 2 nitrogen and oxygen atoms in total. The van der Waals surface area contributed by atoms with Gasteiger partial charge in [0.25, 0.3) is 0 Å². The van der Waals surface area contributed by atoms with E-state index in [0.29, 0.717) is 5.56 Å². The normalized spacial score (nSPS) is 12.4. The van der Waals surface area contributed by atoms with Crippen LogP contribution < -0.4 is 0 Å². The highest BCUT2D eigenvalue weighted by molar-refractivity contribution is 9.10. The summed E-state index contributed by atoms with van der Waals surface area (Å²) in [5, 5.41) is 3.33. The first-order chi connectivity index (χ1) is 14.2. The van der Waals surface area contributed by atoms with Crippen LogP contribution in [0.4, 0.5) is 0 Å². The number of hydrogen-bond acceptors (Lipinski definition) is 2. The zero-order chi connectivity index (χ0) is 19.5. The number of carbonyl (C=O) groups excluding carboxylic acids is 1. The molecule has 0 radical (unpaired) electrons. The second-order valence-corrected chi connectivity index (χ2v) is 8.19. The standard InChI is InChI=1S/C26H14BrNO/c27-17-12-9-16(10-13-17)25-24-23(19-7-3-4-8-20(19)26(24)29)22-18-6-2-1-5-15(18)11-14-21(22)28-25/h1-14H. The average molecular weight is 436 g/mol. The van der Waals surface area contributed by atoms with E-state index >= 15 is 0 Å². The Balaban J connectivity index is 1.84. The van der Waals surface area contributed by atoms with E-state index < -0.39 is 0 Å². The Morgan fingerprint density at radius 1 is 0.690 bits per heavy atom. The van der Waals surface area contributed by atoms with Gasteiger partial charge in [0.1, 0.15) is 0 Å². The van der Waals surface area contributed by atoms with Crippen molar-refractivity contribution in [2.75, 3.05) is 0 Å². The zero-order valence-corrected chi connectivity index (χ0v) is 16.9. The van der Waals surface area contributed by atoms with E-state index in [-0.39, 0.29) is 5.78 Å². The van der Waals surface area contributed by atoms with Crippen LogP contribution in [0.25, 0.3) is 44.1 Å². The number of nitrogens with zero attached hydrogens (tertiary/aromatic N) is 1. The molecule has 6 rings (SSSR count). The van der Waals surface area contributed by atoms with Gasteiger partial charge in [-0.3, -0.25) is 4.79 Å². The number of aromatic nitrogens is 1. The van der Waals surface area contributed by atoms with E-state index in [1.165, 1.54) is 0 Å². The Morgan fingerprint density at radius 3 is 2.24 bits per heavy atom. The number of fused-ring (bicyclic) bond motifs is 7. The van der Waals surface area contributed by atoms with Crippen LogP contribution in [0.15, 0.2) is 89.4 Å². The van der Waals surface area contributed by atoms with Gasteiger partial charge in [0.15, 0.2) is 5.78 Å². The van der Waals surface area contributed by atoms with Crippen LogP contribution in [0.5, 0.6) is 0 Å². The molecular weight excluding hydrogens is 422 g/mol. The predicted octanol–water partition coefficient (Wildman–Crippen LogP) is 7.03. The number of pyridine rings is 1. The van der Waals surface area contributed by atoms with E-state index in [1.54, 1.807) is 0 Å². The summed E-state index contributed by atoms with van der Waals surface area (Å²) >= 11 is 3.50. The van der Waals surface area contributed by atoms with Gasteiger partial charge in [-0.1, -0.05) is 82.7 Å². The number of ketones is 1. The molecule has 0 N–H and O–H groups in total. The molecule has 1 aliphatic rings. The molecule has 1 aliphatic carbocycles. The third kappa shape index (κ3) is 2.34. The Bertz CT molecular complexity index is 1470. The minimum Gasteiger partial charge on any atom is -0.288 e. The predicted molar refractivity (Wildman–Crippen MR) is 121 cm³/mol. The zero-order valence-electron chi connectivity index (χ0n) is 15.3. The molecular formula is C26H14BrNO. The first-order valence-electron chi connectivity index (χ1n) is 9.48. The Hall–Kier alpha value is -3.30. The maximum Gasteiger partial charge on any atom is 0.196 e. The maximum atomic E-state index is 13.5. The van der Waals surface area contributed by atoms with Gasteiger partial charge < -0.3 is 0 Å². The molecule has 1 heterocycles. The Labute approximate surface area is 176 Å². The molecule has 0 saturated heterocycles. The Kier molecular flexibility index (Phi) is 3.50. The second-order valence-electron chi connectivity index (χ2n) is 7.27. The smallest absolute Gasteiger partial charge is 0.196 e. The summed E-state index contributed by atoms with van der Waals surface area (Å²) in [4.78, 5) is 18.5. The van der Waals surface area contributed by atoms with Crippen LogP contribution in [-0.2, 0) is 0 Å². The molecule has 1 aromatic heterocycles. The van der Waals surface area contributed by atoms with Crippen molar-refractivity contribution in [2.24, 2.45) is 0 Å². The number of carbonyl (C=O) groups is 1. The molecule has 0 unspecified atom stereocenters. The lowest BCUT2D eigenvalue weighted by Gasteiger charge is -2.13. The van der Waals surface area contributed by atoms with E-state index in [1.807, 2.05) is 60.7 Å². The minimum absolute atomic E-state index is 0.0517. The van der Waals surface area contributed by atoms with Crippen LogP contribution >= 0.6 is 15.9 Å².